The first kappa shape index (κ1) is 66.4. The predicted octanol–water partition coefficient (Wildman–Crippen LogP) is 18.4. The topological polar surface area (TPSA) is 122 Å². The summed E-state index contributed by atoms with van der Waals surface area (Å²) in [5.41, 5.74) is 16.2. The fourth-order valence-electron chi connectivity index (χ4n) is 7.80. The van der Waals surface area contributed by atoms with Gasteiger partial charge in [0.05, 0.1) is 14.4 Å². The zero-order valence-electron chi connectivity index (χ0n) is 46.2. The lowest BCUT2D eigenvalue weighted by atomic mass is 10.0. The van der Waals surface area contributed by atoms with Gasteiger partial charge in [0.25, 0.3) is 7.82 Å². The van der Waals surface area contributed by atoms with Gasteiger partial charge in [0.15, 0.2) is 0 Å². The van der Waals surface area contributed by atoms with E-state index in [-0.39, 0.29) is 12.5 Å². The van der Waals surface area contributed by atoms with Crippen molar-refractivity contribution in [2.24, 2.45) is 5.92 Å². The van der Waals surface area contributed by atoms with Crippen LogP contribution in [0.1, 0.15) is 238 Å². The summed E-state index contributed by atoms with van der Waals surface area (Å²) >= 11 is 0. The van der Waals surface area contributed by atoms with E-state index in [1.807, 2.05) is 6.92 Å². The lowest BCUT2D eigenvalue weighted by Crippen LogP contribution is -2.19. The van der Waals surface area contributed by atoms with Crippen molar-refractivity contribution >= 4 is 15.6 Å². The normalized spacial score (nSPS) is 16.1. The number of phosphoric acid groups is 2. The largest absolute Gasteiger partial charge is 0.790 e. The highest BCUT2D eigenvalue weighted by Gasteiger charge is 2.12. The van der Waals surface area contributed by atoms with Crippen LogP contribution in [0.3, 0.4) is 0 Å². The van der Waals surface area contributed by atoms with Gasteiger partial charge in [0.1, 0.15) is 0 Å². The molecule has 0 aromatic rings. The molecule has 0 saturated heterocycles. The molecule has 0 aromatic carbocycles. The van der Waals surface area contributed by atoms with Crippen LogP contribution in [0.25, 0.3) is 0 Å². The molecule has 0 rings (SSSR count). The molecule has 0 aromatic heterocycles. The molecule has 0 aliphatic carbocycles. The summed E-state index contributed by atoms with van der Waals surface area (Å²) in [5, 5.41) is 0. The van der Waals surface area contributed by atoms with Crippen LogP contribution in [-0.4, -0.2) is 6.61 Å². The van der Waals surface area contributed by atoms with Crippen LogP contribution in [0.15, 0.2) is 128 Å². The molecule has 0 fully saturated rings. The van der Waals surface area contributed by atoms with E-state index < -0.39 is 15.6 Å². The molecule has 0 heterocycles. The Morgan fingerprint density at radius 2 is 0.580 bits per heavy atom. The maximum atomic E-state index is 11.4. The van der Waals surface area contributed by atoms with E-state index in [4.69, 9.17) is 0 Å². The fourth-order valence-corrected chi connectivity index (χ4v) is 9.29. The summed E-state index contributed by atoms with van der Waals surface area (Å²) in [7, 11) is -10.8. The molecule has 7 nitrogen and oxygen atoms in total. The highest BCUT2D eigenvalue weighted by atomic mass is 31.3. The van der Waals surface area contributed by atoms with Crippen molar-refractivity contribution in [1.82, 2.24) is 0 Å². The van der Waals surface area contributed by atoms with Gasteiger partial charge in [0, 0.05) is 0 Å². The van der Waals surface area contributed by atoms with E-state index in [0.29, 0.717) is 6.42 Å². The van der Waals surface area contributed by atoms with Crippen LogP contribution >= 0.6 is 15.6 Å². The van der Waals surface area contributed by atoms with Crippen molar-refractivity contribution in [2.45, 2.75) is 238 Å². The zero-order valence-corrected chi connectivity index (χ0v) is 47.9. The average Bonchev–Trinajstić information content (AvgIpc) is 3.22. The number of allylic oxidation sites excluding steroid dienone is 22. The maximum absolute atomic E-state index is 11.4. The predicted molar refractivity (Wildman–Crippen MR) is 295 cm³/mol. The molecule has 9 heteroatoms. The molecular weight excluding hydrogens is 895 g/mol. The van der Waals surface area contributed by atoms with E-state index in [1.165, 1.54) is 74.1 Å². The smallest absolute Gasteiger partial charge is 0.271 e. The lowest BCUT2D eigenvalue weighted by molar-refractivity contribution is -0.339. The van der Waals surface area contributed by atoms with Gasteiger partial charge in [-0.15, -0.1) is 0 Å². The Kier molecular flexibility index (Phi) is 38.4. The molecule has 69 heavy (non-hydrogen) atoms. The summed E-state index contributed by atoms with van der Waals surface area (Å²) in [6.45, 7) is 28.7. The number of phosphoric ester groups is 1. The molecule has 0 spiro atoms. The maximum Gasteiger partial charge on any atom is 0.271 e. The van der Waals surface area contributed by atoms with Crippen molar-refractivity contribution < 1.29 is 32.6 Å². The molecule has 0 radical (unpaired) electrons. The monoisotopic (exact) mass is 994 g/mol. The van der Waals surface area contributed by atoms with Gasteiger partial charge < -0.3 is 23.8 Å². The summed E-state index contributed by atoms with van der Waals surface area (Å²) in [4.78, 5) is 32.4. The van der Waals surface area contributed by atoms with Crippen molar-refractivity contribution in [3.8, 4) is 0 Å². The van der Waals surface area contributed by atoms with E-state index >= 15 is 0 Å². The SMILES string of the molecule is CC(C)=CCC/C(C)=C/CC/C(C)=C/CC/C(C)=C\CC/C(C)=C\CC/C(C)=C\CC/C(C)=C\CC/C(C)=C\CC/C(C)=C\CC/C(C)=C\CC/C(C)=C\CCC(C)CCOP(=O)([O-])OP(=O)([O-])[O-]. The molecule has 394 valence electrons. The third-order valence-electron chi connectivity index (χ3n) is 12.6. The third kappa shape index (κ3) is 45.0. The van der Waals surface area contributed by atoms with E-state index in [0.717, 1.165) is 128 Å². The van der Waals surface area contributed by atoms with Gasteiger partial charge in [-0.25, -0.2) is 0 Å². The van der Waals surface area contributed by atoms with Crippen LogP contribution in [0.5, 0.6) is 0 Å². The highest BCUT2D eigenvalue weighted by Crippen LogP contribution is 2.50. The third-order valence-corrected chi connectivity index (χ3v) is 14.7. The summed E-state index contributed by atoms with van der Waals surface area (Å²) in [5.74, 6) is 0.162. The fraction of sp³-hybridized carbons (Fsp3) is 0.633. The molecule has 2 unspecified atom stereocenters. The van der Waals surface area contributed by atoms with Gasteiger partial charge >= 0.3 is 0 Å². The van der Waals surface area contributed by atoms with Crippen molar-refractivity contribution in [1.29, 1.82) is 0 Å². The standard InChI is InChI=1S/C60H102O7P2/c1-49(2)25-14-26-50(3)27-15-28-51(4)29-16-30-52(5)31-17-32-53(6)33-18-34-54(7)35-19-36-55(8)37-20-38-56(9)39-21-40-57(10)41-22-42-58(11)43-23-44-59(12)45-24-46-60(13)47-48-66-69(64,65)67-68(61,62)63/h25,27,29,31,33,35,37,39,41,43,45,60H,14-24,26,28,30,32,34,36,38,40,42,44,46-48H2,1-13H3,(H,64,65)(H2,61,62,63)/p-3/b50-27+,51-29+,52-31-,53-33-,54-35-,55-37-,56-39-,57-41-,58-43-,59-45-. The Morgan fingerprint density at radius 3 is 0.797 bits per heavy atom. The first-order valence-corrected chi connectivity index (χ1v) is 29.3. The second-order valence-electron chi connectivity index (χ2n) is 20.5. The Morgan fingerprint density at radius 1 is 0.362 bits per heavy atom. The van der Waals surface area contributed by atoms with E-state index in [1.54, 1.807) is 0 Å². The van der Waals surface area contributed by atoms with Crippen molar-refractivity contribution in [2.75, 3.05) is 6.61 Å². The zero-order chi connectivity index (χ0) is 52.1. The Hall–Kier alpha value is -2.60. The molecule has 0 aliphatic rings. The van der Waals surface area contributed by atoms with Crippen LogP contribution < -0.4 is 14.7 Å². The van der Waals surface area contributed by atoms with E-state index in [9.17, 15) is 23.8 Å². The van der Waals surface area contributed by atoms with Crippen LogP contribution in [-0.2, 0) is 18.0 Å². The summed E-state index contributed by atoms with van der Waals surface area (Å²) < 4.78 is 29.8. The minimum atomic E-state index is -5.65. The second-order valence-corrected chi connectivity index (χ2v) is 23.2. The molecule has 0 amide bonds. The molecule has 2 atom stereocenters. The van der Waals surface area contributed by atoms with Gasteiger partial charge in [-0.2, -0.15) is 0 Å². The van der Waals surface area contributed by atoms with Crippen LogP contribution in [0, 0.1) is 5.92 Å². The number of hydrogen-bond donors (Lipinski definition) is 0. The molecule has 0 bridgehead atoms. The van der Waals surface area contributed by atoms with Gasteiger partial charge in [0.2, 0.25) is 0 Å². The lowest BCUT2D eigenvalue weighted by Gasteiger charge is -2.35. The molecular formula is C60H99O7P2-3. The summed E-state index contributed by atoms with van der Waals surface area (Å²) in [6.07, 6.45) is 50.9. The minimum Gasteiger partial charge on any atom is -0.790 e. The van der Waals surface area contributed by atoms with Crippen molar-refractivity contribution in [3.63, 3.8) is 0 Å². The first-order chi connectivity index (χ1) is 32.5. The minimum absolute atomic E-state index is 0.162. The van der Waals surface area contributed by atoms with Crippen LogP contribution in [0.2, 0.25) is 0 Å². The second kappa shape index (κ2) is 39.9. The van der Waals surface area contributed by atoms with Gasteiger partial charge in [-0.05, 0) is 237 Å². The van der Waals surface area contributed by atoms with Gasteiger partial charge in [-0.1, -0.05) is 135 Å². The Balaban J connectivity index is 4.29. The highest BCUT2D eigenvalue weighted by molar-refractivity contribution is 7.58. The summed E-state index contributed by atoms with van der Waals surface area (Å²) in [6, 6.07) is 0. The first-order valence-electron chi connectivity index (χ1n) is 26.3. The Bertz CT molecular complexity index is 1900. The van der Waals surface area contributed by atoms with Crippen molar-refractivity contribution in [3.05, 3.63) is 128 Å². The number of hydrogen-bond acceptors (Lipinski definition) is 7. The average molecular weight is 994 g/mol. The Labute approximate surface area is 424 Å². The van der Waals surface area contributed by atoms with Gasteiger partial charge in [-0.3, -0.25) is 8.88 Å². The van der Waals surface area contributed by atoms with E-state index in [2.05, 4.69) is 159 Å². The molecule has 0 N–H and O–H groups in total. The molecule has 0 saturated carbocycles. The number of rotatable bonds is 39. The molecule has 0 aliphatic heterocycles. The van der Waals surface area contributed by atoms with Crippen LogP contribution in [0.4, 0.5) is 0 Å². The quantitative estimate of drug-likeness (QED) is 0.0444.